The van der Waals surface area contributed by atoms with Gasteiger partial charge >= 0.3 is 0 Å². The predicted octanol–water partition coefficient (Wildman–Crippen LogP) is 5.68. The fraction of sp³-hybridized carbons (Fsp3) is 0.176. The molecule has 3 heteroatoms. The lowest BCUT2D eigenvalue weighted by molar-refractivity contribution is 0.526. The standard InChI is InChI=1S/C17H16BrNO/c1-11-9-14(18)7-8-15(11)19-12(2)17-10-13-5-3-4-6-16(13)20-17/h3-10,12,19H,1-2H3. The zero-order valence-corrected chi connectivity index (χ0v) is 13.1. The van der Waals surface area contributed by atoms with Gasteiger partial charge in [-0.25, -0.2) is 0 Å². The van der Waals surface area contributed by atoms with E-state index in [2.05, 4.69) is 59.4 Å². The highest BCUT2D eigenvalue weighted by atomic mass is 79.9. The summed E-state index contributed by atoms with van der Waals surface area (Å²) >= 11 is 3.48. The molecule has 0 amide bonds. The summed E-state index contributed by atoms with van der Waals surface area (Å²) in [6, 6.07) is 16.5. The van der Waals surface area contributed by atoms with Gasteiger partial charge in [-0.3, -0.25) is 0 Å². The molecule has 0 aliphatic heterocycles. The fourth-order valence-corrected chi connectivity index (χ4v) is 2.78. The van der Waals surface area contributed by atoms with Gasteiger partial charge in [0.2, 0.25) is 0 Å². The van der Waals surface area contributed by atoms with Crippen LogP contribution >= 0.6 is 15.9 Å². The lowest BCUT2D eigenvalue weighted by atomic mass is 10.1. The molecule has 0 bridgehead atoms. The molecule has 1 atom stereocenters. The first-order valence-corrected chi connectivity index (χ1v) is 7.44. The van der Waals surface area contributed by atoms with E-state index in [9.17, 15) is 0 Å². The van der Waals surface area contributed by atoms with Crippen molar-refractivity contribution in [2.75, 3.05) is 5.32 Å². The number of benzene rings is 2. The molecule has 0 spiro atoms. The maximum absolute atomic E-state index is 5.89. The number of furan rings is 1. The van der Waals surface area contributed by atoms with Crippen LogP contribution in [0.2, 0.25) is 0 Å². The first-order chi connectivity index (χ1) is 9.63. The molecule has 2 aromatic carbocycles. The van der Waals surface area contributed by atoms with Gasteiger partial charge in [-0.15, -0.1) is 0 Å². The van der Waals surface area contributed by atoms with E-state index < -0.39 is 0 Å². The zero-order valence-electron chi connectivity index (χ0n) is 11.5. The molecule has 1 unspecified atom stereocenters. The Hall–Kier alpha value is -1.74. The van der Waals surface area contributed by atoms with Gasteiger partial charge in [0.05, 0.1) is 6.04 Å². The minimum absolute atomic E-state index is 0.127. The molecular formula is C17H16BrNO. The van der Waals surface area contributed by atoms with E-state index in [0.717, 1.165) is 26.9 Å². The maximum Gasteiger partial charge on any atom is 0.134 e. The topological polar surface area (TPSA) is 25.2 Å². The number of fused-ring (bicyclic) bond motifs is 1. The SMILES string of the molecule is Cc1cc(Br)ccc1NC(C)c1cc2ccccc2o1. The summed E-state index contributed by atoms with van der Waals surface area (Å²) in [6.07, 6.45) is 0. The number of hydrogen-bond donors (Lipinski definition) is 1. The van der Waals surface area contributed by atoms with Crippen molar-refractivity contribution in [2.24, 2.45) is 0 Å². The van der Waals surface area contributed by atoms with Crippen molar-refractivity contribution in [1.82, 2.24) is 0 Å². The van der Waals surface area contributed by atoms with E-state index in [1.54, 1.807) is 0 Å². The quantitative estimate of drug-likeness (QED) is 0.669. The highest BCUT2D eigenvalue weighted by molar-refractivity contribution is 9.10. The Bertz CT molecular complexity index is 715. The van der Waals surface area contributed by atoms with E-state index in [-0.39, 0.29) is 6.04 Å². The summed E-state index contributed by atoms with van der Waals surface area (Å²) in [5.74, 6) is 0.952. The summed E-state index contributed by atoms with van der Waals surface area (Å²) in [4.78, 5) is 0. The molecule has 1 heterocycles. The van der Waals surface area contributed by atoms with Gasteiger partial charge in [0.1, 0.15) is 11.3 Å². The van der Waals surface area contributed by atoms with Gasteiger partial charge in [0, 0.05) is 15.5 Å². The van der Waals surface area contributed by atoms with Crippen molar-refractivity contribution in [2.45, 2.75) is 19.9 Å². The van der Waals surface area contributed by atoms with Crippen LogP contribution in [0.5, 0.6) is 0 Å². The van der Waals surface area contributed by atoms with Crippen LogP contribution in [-0.4, -0.2) is 0 Å². The Kier molecular flexibility index (Phi) is 3.53. The summed E-state index contributed by atoms with van der Waals surface area (Å²) in [6.45, 7) is 4.21. The van der Waals surface area contributed by atoms with Crippen LogP contribution in [0.4, 0.5) is 5.69 Å². The van der Waals surface area contributed by atoms with Crippen LogP contribution in [-0.2, 0) is 0 Å². The smallest absolute Gasteiger partial charge is 0.134 e. The van der Waals surface area contributed by atoms with Crippen LogP contribution in [0.15, 0.2) is 57.4 Å². The molecule has 1 N–H and O–H groups in total. The average Bonchev–Trinajstić information content (AvgIpc) is 2.86. The molecule has 102 valence electrons. The molecule has 0 aliphatic carbocycles. The molecule has 0 radical (unpaired) electrons. The van der Waals surface area contributed by atoms with Gasteiger partial charge in [-0.1, -0.05) is 34.1 Å². The van der Waals surface area contributed by atoms with Crippen LogP contribution < -0.4 is 5.32 Å². The molecule has 0 saturated heterocycles. The number of anilines is 1. The number of rotatable bonds is 3. The van der Waals surface area contributed by atoms with Gasteiger partial charge in [0.15, 0.2) is 0 Å². The zero-order chi connectivity index (χ0) is 14.1. The number of nitrogens with one attached hydrogen (secondary N) is 1. The van der Waals surface area contributed by atoms with E-state index >= 15 is 0 Å². The van der Waals surface area contributed by atoms with Crippen LogP contribution in [0, 0.1) is 6.92 Å². The van der Waals surface area contributed by atoms with Gasteiger partial charge in [0.25, 0.3) is 0 Å². The lowest BCUT2D eigenvalue weighted by Gasteiger charge is -2.15. The highest BCUT2D eigenvalue weighted by Gasteiger charge is 2.12. The number of hydrogen-bond acceptors (Lipinski definition) is 2. The Morgan fingerprint density at radius 1 is 1.10 bits per heavy atom. The Labute approximate surface area is 126 Å². The second-order valence-electron chi connectivity index (χ2n) is 5.01. The molecule has 1 aromatic heterocycles. The molecule has 0 fully saturated rings. The largest absolute Gasteiger partial charge is 0.459 e. The third kappa shape index (κ3) is 2.59. The van der Waals surface area contributed by atoms with Crippen LogP contribution in [0.3, 0.4) is 0 Å². The summed E-state index contributed by atoms with van der Waals surface area (Å²) in [7, 11) is 0. The molecular weight excluding hydrogens is 314 g/mol. The fourth-order valence-electron chi connectivity index (χ4n) is 2.31. The Morgan fingerprint density at radius 2 is 1.90 bits per heavy atom. The van der Waals surface area contributed by atoms with Gasteiger partial charge < -0.3 is 9.73 Å². The second kappa shape index (κ2) is 5.33. The van der Waals surface area contributed by atoms with Crippen molar-refractivity contribution >= 4 is 32.6 Å². The van der Waals surface area contributed by atoms with Crippen molar-refractivity contribution in [1.29, 1.82) is 0 Å². The summed E-state index contributed by atoms with van der Waals surface area (Å²) in [5.41, 5.74) is 3.27. The van der Waals surface area contributed by atoms with E-state index in [4.69, 9.17) is 4.42 Å². The summed E-state index contributed by atoms with van der Waals surface area (Å²) < 4.78 is 6.99. The molecule has 0 saturated carbocycles. The molecule has 3 aromatic rings. The summed E-state index contributed by atoms with van der Waals surface area (Å²) in [5, 5.41) is 4.64. The predicted molar refractivity (Wildman–Crippen MR) is 87.1 cm³/mol. The third-order valence-electron chi connectivity index (χ3n) is 3.43. The Morgan fingerprint density at radius 3 is 2.65 bits per heavy atom. The van der Waals surface area contributed by atoms with E-state index in [1.165, 1.54) is 5.56 Å². The molecule has 2 nitrogen and oxygen atoms in total. The first-order valence-electron chi connectivity index (χ1n) is 6.64. The monoisotopic (exact) mass is 329 g/mol. The molecule has 3 rings (SSSR count). The van der Waals surface area contributed by atoms with Crippen molar-refractivity contribution in [3.05, 3.63) is 64.3 Å². The second-order valence-corrected chi connectivity index (χ2v) is 5.93. The Balaban J connectivity index is 1.86. The van der Waals surface area contributed by atoms with Crippen molar-refractivity contribution in [3.63, 3.8) is 0 Å². The minimum atomic E-state index is 0.127. The highest BCUT2D eigenvalue weighted by Crippen LogP contribution is 2.28. The van der Waals surface area contributed by atoms with E-state index in [0.29, 0.717) is 0 Å². The number of halogens is 1. The third-order valence-corrected chi connectivity index (χ3v) is 3.93. The van der Waals surface area contributed by atoms with E-state index in [1.807, 2.05) is 24.3 Å². The normalized spacial score (nSPS) is 12.6. The lowest BCUT2D eigenvalue weighted by Crippen LogP contribution is -2.06. The van der Waals surface area contributed by atoms with Crippen LogP contribution in [0.1, 0.15) is 24.3 Å². The number of para-hydroxylation sites is 1. The number of aryl methyl sites for hydroxylation is 1. The average molecular weight is 330 g/mol. The van der Waals surface area contributed by atoms with Gasteiger partial charge in [-0.05, 0) is 49.7 Å². The maximum atomic E-state index is 5.89. The van der Waals surface area contributed by atoms with Crippen molar-refractivity contribution < 1.29 is 4.42 Å². The molecule has 0 aliphatic rings. The minimum Gasteiger partial charge on any atom is -0.459 e. The van der Waals surface area contributed by atoms with Crippen molar-refractivity contribution in [3.8, 4) is 0 Å². The van der Waals surface area contributed by atoms with Crippen LogP contribution in [0.25, 0.3) is 11.0 Å². The molecule has 20 heavy (non-hydrogen) atoms. The van der Waals surface area contributed by atoms with Gasteiger partial charge in [-0.2, -0.15) is 0 Å². The first kappa shape index (κ1) is 13.3.